The fraction of sp³-hybridized carbons (Fsp3) is 0.364. The minimum atomic E-state index is 0.154. The number of hydrogen-bond acceptors (Lipinski definition) is 1. The minimum Gasteiger partial charge on any atom is -0.294 e. The van der Waals surface area contributed by atoms with Gasteiger partial charge in [0, 0.05) is 17.0 Å². The zero-order valence-electron chi connectivity index (χ0n) is 8.30. The summed E-state index contributed by atoms with van der Waals surface area (Å²) in [6, 6.07) is 6.94. The van der Waals surface area contributed by atoms with Gasteiger partial charge in [-0.05, 0) is 24.3 Å². The van der Waals surface area contributed by atoms with Crippen LogP contribution in [0.15, 0.2) is 24.3 Å². The van der Waals surface area contributed by atoms with Gasteiger partial charge in [-0.1, -0.05) is 32.4 Å². The number of halogens is 1. The molecule has 2 heteroatoms. The van der Waals surface area contributed by atoms with Crippen LogP contribution in [0.2, 0.25) is 5.02 Å². The van der Waals surface area contributed by atoms with Crippen molar-refractivity contribution in [2.24, 2.45) is 0 Å². The summed E-state index contributed by atoms with van der Waals surface area (Å²) in [5.74, 6) is 0.154. The van der Waals surface area contributed by atoms with Gasteiger partial charge in [0.05, 0.1) is 0 Å². The van der Waals surface area contributed by atoms with Crippen molar-refractivity contribution in [2.45, 2.75) is 27.2 Å². The highest BCUT2D eigenvalue weighted by atomic mass is 35.5. The van der Waals surface area contributed by atoms with Gasteiger partial charge in [-0.15, -0.1) is 0 Å². The number of hydrogen-bond donors (Lipinski definition) is 0. The zero-order chi connectivity index (χ0) is 10.3. The first-order chi connectivity index (χ1) is 6.24. The van der Waals surface area contributed by atoms with Crippen LogP contribution >= 0.6 is 11.6 Å². The summed E-state index contributed by atoms with van der Waals surface area (Å²) in [4.78, 5) is 11.1. The molecule has 1 aromatic rings. The van der Waals surface area contributed by atoms with Gasteiger partial charge in [0.25, 0.3) is 0 Å². The maximum Gasteiger partial charge on any atom is 0.162 e. The largest absolute Gasteiger partial charge is 0.294 e. The molecule has 0 unspecified atom stereocenters. The lowest BCUT2D eigenvalue weighted by atomic mass is 10.1. The smallest absolute Gasteiger partial charge is 0.162 e. The molecule has 0 fully saturated rings. The van der Waals surface area contributed by atoms with Gasteiger partial charge in [0.2, 0.25) is 0 Å². The Kier molecular flexibility index (Phi) is 6.25. The van der Waals surface area contributed by atoms with Gasteiger partial charge in [-0.25, -0.2) is 0 Å². The second-order valence-corrected chi connectivity index (χ2v) is 2.72. The second kappa shape index (κ2) is 6.67. The highest BCUT2D eigenvalue weighted by molar-refractivity contribution is 6.30. The Bertz CT molecular complexity index is 251. The Morgan fingerprint density at radius 2 is 1.69 bits per heavy atom. The molecule has 0 spiro atoms. The van der Waals surface area contributed by atoms with Crippen LogP contribution in [0.25, 0.3) is 0 Å². The highest BCUT2D eigenvalue weighted by Gasteiger charge is 2.00. The third-order valence-electron chi connectivity index (χ3n) is 1.49. The van der Waals surface area contributed by atoms with Crippen LogP contribution in [0.3, 0.4) is 0 Å². The summed E-state index contributed by atoms with van der Waals surface area (Å²) in [6.07, 6.45) is 0.543. The minimum absolute atomic E-state index is 0.154. The van der Waals surface area contributed by atoms with Crippen LogP contribution in [-0.4, -0.2) is 5.78 Å². The molecule has 0 aliphatic rings. The van der Waals surface area contributed by atoms with E-state index in [2.05, 4.69) is 0 Å². The Balaban J connectivity index is 0.000000671. The average Bonchev–Trinajstić information content (AvgIpc) is 2.21. The molecule has 0 aliphatic heterocycles. The predicted octanol–water partition coefficient (Wildman–Crippen LogP) is 3.96. The molecular weight excluding hydrogens is 184 g/mol. The molecule has 1 rings (SSSR count). The standard InChI is InChI=1S/C9H9ClO.C2H6/c1-2-9(11)7-3-5-8(10)6-4-7;1-2/h3-6H,2H2,1H3;1-2H3. The number of Topliss-reactive ketones (excluding diaryl/α,β-unsaturated/α-hetero) is 1. The summed E-state index contributed by atoms with van der Waals surface area (Å²) in [7, 11) is 0. The molecule has 72 valence electrons. The van der Waals surface area contributed by atoms with Crippen molar-refractivity contribution in [1.29, 1.82) is 0 Å². The van der Waals surface area contributed by atoms with E-state index in [4.69, 9.17) is 11.6 Å². The van der Waals surface area contributed by atoms with Crippen molar-refractivity contribution < 1.29 is 4.79 Å². The molecule has 0 radical (unpaired) electrons. The Morgan fingerprint density at radius 1 is 1.23 bits per heavy atom. The molecule has 0 aromatic heterocycles. The molecule has 0 bridgehead atoms. The van der Waals surface area contributed by atoms with Crippen molar-refractivity contribution in [3.63, 3.8) is 0 Å². The maximum absolute atomic E-state index is 11.1. The van der Waals surface area contributed by atoms with Gasteiger partial charge in [0.15, 0.2) is 5.78 Å². The first-order valence-electron chi connectivity index (χ1n) is 4.53. The topological polar surface area (TPSA) is 17.1 Å². The van der Waals surface area contributed by atoms with Crippen LogP contribution in [0.4, 0.5) is 0 Å². The van der Waals surface area contributed by atoms with Crippen LogP contribution in [0.1, 0.15) is 37.6 Å². The van der Waals surface area contributed by atoms with E-state index >= 15 is 0 Å². The summed E-state index contributed by atoms with van der Waals surface area (Å²) in [5.41, 5.74) is 0.733. The summed E-state index contributed by atoms with van der Waals surface area (Å²) in [6.45, 7) is 5.84. The van der Waals surface area contributed by atoms with Crippen LogP contribution in [0.5, 0.6) is 0 Å². The molecule has 0 N–H and O–H groups in total. The fourth-order valence-corrected chi connectivity index (χ4v) is 0.966. The van der Waals surface area contributed by atoms with Gasteiger partial charge in [0.1, 0.15) is 0 Å². The van der Waals surface area contributed by atoms with Gasteiger partial charge in [-0.2, -0.15) is 0 Å². The lowest BCUT2D eigenvalue weighted by Crippen LogP contribution is -1.94. The molecule has 0 aliphatic carbocycles. The van der Waals surface area contributed by atoms with E-state index in [0.29, 0.717) is 11.4 Å². The van der Waals surface area contributed by atoms with Crippen molar-refractivity contribution in [2.75, 3.05) is 0 Å². The van der Waals surface area contributed by atoms with E-state index in [1.807, 2.05) is 20.8 Å². The molecule has 13 heavy (non-hydrogen) atoms. The lowest BCUT2D eigenvalue weighted by molar-refractivity contribution is 0.0988. The molecule has 0 atom stereocenters. The van der Waals surface area contributed by atoms with Crippen molar-refractivity contribution in [3.8, 4) is 0 Å². The van der Waals surface area contributed by atoms with Gasteiger partial charge in [-0.3, -0.25) is 4.79 Å². The number of carbonyl (C=O) groups is 1. The van der Waals surface area contributed by atoms with E-state index in [1.54, 1.807) is 24.3 Å². The van der Waals surface area contributed by atoms with E-state index in [0.717, 1.165) is 5.56 Å². The number of benzene rings is 1. The Labute approximate surface area is 84.7 Å². The molecule has 1 aromatic carbocycles. The first kappa shape index (κ1) is 12.2. The zero-order valence-corrected chi connectivity index (χ0v) is 9.06. The molecule has 0 heterocycles. The van der Waals surface area contributed by atoms with Crippen molar-refractivity contribution in [3.05, 3.63) is 34.9 Å². The normalized spacial score (nSPS) is 8.62. The summed E-state index contributed by atoms with van der Waals surface area (Å²) >= 11 is 5.65. The number of rotatable bonds is 2. The monoisotopic (exact) mass is 198 g/mol. The Morgan fingerprint density at radius 3 is 2.08 bits per heavy atom. The quantitative estimate of drug-likeness (QED) is 0.658. The Hall–Kier alpha value is -0.820. The van der Waals surface area contributed by atoms with Crippen LogP contribution in [0, 0.1) is 0 Å². The lowest BCUT2D eigenvalue weighted by Gasteiger charge is -1.95. The van der Waals surface area contributed by atoms with Gasteiger partial charge >= 0.3 is 0 Å². The molecular formula is C11H15ClO. The van der Waals surface area contributed by atoms with Crippen LogP contribution in [-0.2, 0) is 0 Å². The average molecular weight is 199 g/mol. The SMILES string of the molecule is CC.CCC(=O)c1ccc(Cl)cc1. The second-order valence-electron chi connectivity index (χ2n) is 2.28. The van der Waals surface area contributed by atoms with Crippen molar-refractivity contribution in [1.82, 2.24) is 0 Å². The summed E-state index contributed by atoms with van der Waals surface area (Å²) in [5, 5.41) is 0.664. The van der Waals surface area contributed by atoms with E-state index in [-0.39, 0.29) is 5.78 Å². The van der Waals surface area contributed by atoms with Gasteiger partial charge < -0.3 is 0 Å². The number of ketones is 1. The van der Waals surface area contributed by atoms with E-state index in [9.17, 15) is 4.79 Å². The first-order valence-corrected chi connectivity index (χ1v) is 4.90. The van der Waals surface area contributed by atoms with Crippen molar-refractivity contribution >= 4 is 17.4 Å². The molecule has 0 amide bonds. The fourth-order valence-electron chi connectivity index (χ4n) is 0.840. The molecule has 1 nitrogen and oxygen atoms in total. The highest BCUT2D eigenvalue weighted by Crippen LogP contribution is 2.10. The summed E-state index contributed by atoms with van der Waals surface area (Å²) < 4.78 is 0. The molecule has 0 saturated heterocycles. The third kappa shape index (κ3) is 4.09. The molecule has 0 saturated carbocycles. The maximum atomic E-state index is 11.1. The van der Waals surface area contributed by atoms with E-state index in [1.165, 1.54) is 0 Å². The van der Waals surface area contributed by atoms with Crippen LogP contribution < -0.4 is 0 Å². The van der Waals surface area contributed by atoms with E-state index < -0.39 is 0 Å². The third-order valence-corrected chi connectivity index (χ3v) is 1.74. The number of carbonyl (C=O) groups excluding carboxylic acids is 1. The predicted molar refractivity (Wildman–Crippen MR) is 57.4 cm³/mol.